The summed E-state index contributed by atoms with van der Waals surface area (Å²) in [4.78, 5) is 2.56. The van der Waals surface area contributed by atoms with Gasteiger partial charge in [0.25, 0.3) is 0 Å². The third-order valence-electron chi connectivity index (χ3n) is 4.07. The summed E-state index contributed by atoms with van der Waals surface area (Å²) >= 11 is 3.61. The maximum Gasteiger partial charge on any atom is 0.0425 e. The molecule has 1 aromatic carbocycles. The van der Waals surface area contributed by atoms with Gasteiger partial charge in [0.1, 0.15) is 0 Å². The van der Waals surface area contributed by atoms with Crippen LogP contribution in [0, 0.1) is 0 Å². The minimum Gasteiger partial charge on any atom is -0.369 e. The van der Waals surface area contributed by atoms with Gasteiger partial charge in [-0.05, 0) is 50.3 Å². The highest BCUT2D eigenvalue weighted by Gasteiger charge is 2.24. The maximum absolute atomic E-state index is 3.63. The highest BCUT2D eigenvalue weighted by atomic mass is 79.9. The van der Waals surface area contributed by atoms with E-state index in [-0.39, 0.29) is 0 Å². The summed E-state index contributed by atoms with van der Waals surface area (Å²) < 4.78 is 1.19. The van der Waals surface area contributed by atoms with Crippen molar-refractivity contribution >= 4 is 21.6 Å². The molecule has 2 aliphatic rings. The van der Waals surface area contributed by atoms with Crippen LogP contribution in [-0.4, -0.2) is 18.6 Å². The molecule has 1 atom stereocenters. The first-order valence-electron chi connectivity index (χ1n) is 7.02. The first-order chi connectivity index (χ1) is 8.74. The van der Waals surface area contributed by atoms with Crippen LogP contribution >= 0.6 is 15.9 Å². The molecule has 1 saturated carbocycles. The smallest absolute Gasteiger partial charge is 0.0425 e. The van der Waals surface area contributed by atoms with E-state index in [1.54, 1.807) is 0 Å². The number of hydrogen-bond donors (Lipinski definition) is 1. The average Bonchev–Trinajstić information content (AvgIpc) is 3.09. The molecule has 3 heteroatoms. The SMILES string of the molecule is CC1CCCN1c1cc(Br)ccc1CNC1CC1. The lowest BCUT2D eigenvalue weighted by atomic mass is 10.1. The van der Waals surface area contributed by atoms with E-state index in [2.05, 4.69) is 51.3 Å². The van der Waals surface area contributed by atoms with Gasteiger partial charge in [0.15, 0.2) is 0 Å². The Hall–Kier alpha value is -0.540. The predicted octanol–water partition coefficient (Wildman–Crippen LogP) is 3.69. The van der Waals surface area contributed by atoms with E-state index in [0.717, 1.165) is 12.6 Å². The highest BCUT2D eigenvalue weighted by molar-refractivity contribution is 9.10. The van der Waals surface area contributed by atoms with Gasteiger partial charge >= 0.3 is 0 Å². The standard InChI is InChI=1S/C15H21BrN2/c1-11-3-2-8-18(11)15-9-13(16)5-4-12(15)10-17-14-6-7-14/h4-5,9,11,14,17H,2-3,6-8,10H2,1H3. The summed E-state index contributed by atoms with van der Waals surface area (Å²) in [6.45, 7) is 4.55. The molecule has 3 rings (SSSR count). The average molecular weight is 309 g/mol. The molecular formula is C15H21BrN2. The van der Waals surface area contributed by atoms with E-state index < -0.39 is 0 Å². The van der Waals surface area contributed by atoms with E-state index in [1.807, 2.05) is 0 Å². The summed E-state index contributed by atoms with van der Waals surface area (Å²) in [5.41, 5.74) is 2.86. The van der Waals surface area contributed by atoms with Crippen LogP contribution in [0.4, 0.5) is 5.69 Å². The molecule has 2 fully saturated rings. The normalized spacial score (nSPS) is 23.7. The van der Waals surface area contributed by atoms with Gasteiger partial charge in [0.05, 0.1) is 0 Å². The molecule has 98 valence electrons. The Morgan fingerprint density at radius 1 is 1.33 bits per heavy atom. The van der Waals surface area contributed by atoms with Crippen LogP contribution < -0.4 is 10.2 Å². The molecule has 1 aliphatic heterocycles. The van der Waals surface area contributed by atoms with E-state index >= 15 is 0 Å². The van der Waals surface area contributed by atoms with E-state index in [4.69, 9.17) is 0 Å². The Labute approximate surface area is 118 Å². The van der Waals surface area contributed by atoms with Gasteiger partial charge in [-0.15, -0.1) is 0 Å². The molecule has 1 N–H and O–H groups in total. The van der Waals surface area contributed by atoms with Crippen LogP contribution in [-0.2, 0) is 6.54 Å². The zero-order valence-corrected chi connectivity index (χ0v) is 12.5. The zero-order chi connectivity index (χ0) is 12.5. The summed E-state index contributed by atoms with van der Waals surface area (Å²) in [7, 11) is 0. The predicted molar refractivity (Wildman–Crippen MR) is 80.0 cm³/mol. The minimum atomic E-state index is 0.680. The van der Waals surface area contributed by atoms with Crippen LogP contribution in [0.15, 0.2) is 22.7 Å². The van der Waals surface area contributed by atoms with Gasteiger partial charge in [-0.3, -0.25) is 0 Å². The quantitative estimate of drug-likeness (QED) is 0.912. The van der Waals surface area contributed by atoms with Crippen LogP contribution in [0.2, 0.25) is 0 Å². The van der Waals surface area contributed by atoms with Crippen molar-refractivity contribution in [2.24, 2.45) is 0 Å². The molecule has 1 unspecified atom stereocenters. The number of nitrogens with one attached hydrogen (secondary N) is 1. The minimum absolute atomic E-state index is 0.680. The van der Waals surface area contributed by atoms with Gasteiger partial charge in [-0.1, -0.05) is 22.0 Å². The molecular weight excluding hydrogens is 288 g/mol. The number of nitrogens with zero attached hydrogens (tertiary/aromatic N) is 1. The first kappa shape index (κ1) is 12.5. The van der Waals surface area contributed by atoms with Crippen LogP contribution in [0.1, 0.15) is 38.2 Å². The molecule has 18 heavy (non-hydrogen) atoms. The van der Waals surface area contributed by atoms with Gasteiger partial charge in [-0.25, -0.2) is 0 Å². The monoisotopic (exact) mass is 308 g/mol. The number of rotatable bonds is 4. The van der Waals surface area contributed by atoms with E-state index in [9.17, 15) is 0 Å². The largest absolute Gasteiger partial charge is 0.369 e. The van der Waals surface area contributed by atoms with Crippen molar-refractivity contribution in [1.82, 2.24) is 5.32 Å². The number of hydrogen-bond acceptors (Lipinski definition) is 2. The fourth-order valence-electron chi connectivity index (χ4n) is 2.79. The van der Waals surface area contributed by atoms with Gasteiger partial charge in [0, 0.05) is 35.3 Å². The second-order valence-electron chi connectivity index (χ2n) is 5.61. The van der Waals surface area contributed by atoms with Crippen LogP contribution in [0.5, 0.6) is 0 Å². The van der Waals surface area contributed by atoms with Crippen LogP contribution in [0.25, 0.3) is 0 Å². The topological polar surface area (TPSA) is 15.3 Å². The fraction of sp³-hybridized carbons (Fsp3) is 0.600. The van der Waals surface area contributed by atoms with E-state index in [0.29, 0.717) is 6.04 Å². The molecule has 1 saturated heterocycles. The van der Waals surface area contributed by atoms with Crippen molar-refractivity contribution < 1.29 is 0 Å². The fourth-order valence-corrected chi connectivity index (χ4v) is 3.14. The number of anilines is 1. The van der Waals surface area contributed by atoms with Crippen molar-refractivity contribution in [3.05, 3.63) is 28.2 Å². The van der Waals surface area contributed by atoms with Crippen molar-refractivity contribution in [1.29, 1.82) is 0 Å². The summed E-state index contributed by atoms with van der Waals surface area (Å²) in [6, 6.07) is 8.16. The lowest BCUT2D eigenvalue weighted by Gasteiger charge is -2.27. The number of benzene rings is 1. The summed E-state index contributed by atoms with van der Waals surface area (Å²) in [5.74, 6) is 0. The Balaban J connectivity index is 1.82. The van der Waals surface area contributed by atoms with Crippen molar-refractivity contribution in [2.45, 2.75) is 51.2 Å². The van der Waals surface area contributed by atoms with Gasteiger partial charge in [0.2, 0.25) is 0 Å². The molecule has 0 spiro atoms. The molecule has 1 heterocycles. The maximum atomic E-state index is 3.63. The van der Waals surface area contributed by atoms with Gasteiger partial charge < -0.3 is 10.2 Å². The second kappa shape index (κ2) is 5.22. The number of halogens is 1. The lowest BCUT2D eigenvalue weighted by molar-refractivity contribution is 0.678. The Kier molecular flexibility index (Phi) is 3.62. The zero-order valence-electron chi connectivity index (χ0n) is 11.0. The Morgan fingerprint density at radius 3 is 2.83 bits per heavy atom. The van der Waals surface area contributed by atoms with Crippen molar-refractivity contribution in [3.8, 4) is 0 Å². The lowest BCUT2D eigenvalue weighted by Crippen LogP contribution is -2.28. The molecule has 2 nitrogen and oxygen atoms in total. The Morgan fingerprint density at radius 2 is 2.17 bits per heavy atom. The third kappa shape index (κ3) is 2.72. The molecule has 0 aromatic heterocycles. The molecule has 1 aromatic rings. The van der Waals surface area contributed by atoms with Gasteiger partial charge in [-0.2, -0.15) is 0 Å². The molecule has 0 amide bonds. The van der Waals surface area contributed by atoms with Crippen molar-refractivity contribution in [2.75, 3.05) is 11.4 Å². The summed E-state index contributed by atoms with van der Waals surface area (Å²) in [6.07, 6.45) is 5.35. The second-order valence-corrected chi connectivity index (χ2v) is 6.53. The molecule has 0 bridgehead atoms. The Bertz CT molecular complexity index is 429. The summed E-state index contributed by atoms with van der Waals surface area (Å²) in [5, 5.41) is 3.63. The molecule has 0 radical (unpaired) electrons. The molecule has 1 aliphatic carbocycles. The highest BCUT2D eigenvalue weighted by Crippen LogP contribution is 2.31. The van der Waals surface area contributed by atoms with Crippen LogP contribution in [0.3, 0.4) is 0 Å². The first-order valence-corrected chi connectivity index (χ1v) is 7.82. The third-order valence-corrected chi connectivity index (χ3v) is 4.56. The van der Waals surface area contributed by atoms with Crippen molar-refractivity contribution in [3.63, 3.8) is 0 Å². The van der Waals surface area contributed by atoms with E-state index in [1.165, 1.54) is 48.0 Å².